The summed E-state index contributed by atoms with van der Waals surface area (Å²) in [5.74, 6) is 0.918. The maximum Gasteiger partial charge on any atom is 0.320 e. The SMILES string of the molecule is Cc1cc(NC(=O)NC2CCCCC2)nc2nc(Nc3ccncc3)ncc12. The van der Waals surface area contributed by atoms with Crippen LogP contribution in [-0.4, -0.2) is 32.0 Å². The van der Waals surface area contributed by atoms with Gasteiger partial charge in [0, 0.05) is 35.7 Å². The molecule has 4 rings (SSSR count). The molecule has 1 saturated carbocycles. The van der Waals surface area contributed by atoms with E-state index in [0.717, 1.165) is 29.5 Å². The molecule has 0 bridgehead atoms. The smallest absolute Gasteiger partial charge is 0.320 e. The Morgan fingerprint density at radius 3 is 2.68 bits per heavy atom. The molecule has 3 aromatic heterocycles. The fourth-order valence-corrected chi connectivity index (χ4v) is 3.44. The van der Waals surface area contributed by atoms with Crippen LogP contribution in [0.1, 0.15) is 37.7 Å². The van der Waals surface area contributed by atoms with Crippen LogP contribution in [0.2, 0.25) is 0 Å². The van der Waals surface area contributed by atoms with E-state index in [1.165, 1.54) is 19.3 Å². The van der Waals surface area contributed by atoms with E-state index >= 15 is 0 Å². The van der Waals surface area contributed by atoms with Crippen molar-refractivity contribution in [3.05, 3.63) is 42.4 Å². The second-order valence-electron chi connectivity index (χ2n) is 7.05. The summed E-state index contributed by atoms with van der Waals surface area (Å²) in [6.07, 6.45) is 10.8. The summed E-state index contributed by atoms with van der Waals surface area (Å²) >= 11 is 0. The summed E-state index contributed by atoms with van der Waals surface area (Å²) in [5.41, 5.74) is 2.32. The Bertz CT molecular complexity index is 971. The van der Waals surface area contributed by atoms with Crippen LogP contribution in [0, 0.1) is 6.92 Å². The Labute approximate surface area is 163 Å². The molecule has 3 heterocycles. The zero-order valence-electron chi connectivity index (χ0n) is 15.8. The van der Waals surface area contributed by atoms with Gasteiger partial charge in [-0.3, -0.25) is 10.3 Å². The van der Waals surface area contributed by atoms with Gasteiger partial charge in [0.2, 0.25) is 5.95 Å². The molecular weight excluding hydrogens is 354 g/mol. The number of carbonyl (C=O) groups excluding carboxylic acids is 1. The van der Waals surface area contributed by atoms with Gasteiger partial charge in [0.25, 0.3) is 0 Å². The van der Waals surface area contributed by atoms with Gasteiger partial charge in [-0.2, -0.15) is 4.98 Å². The van der Waals surface area contributed by atoms with Crippen LogP contribution in [0.4, 0.5) is 22.2 Å². The van der Waals surface area contributed by atoms with Crippen molar-refractivity contribution < 1.29 is 4.79 Å². The number of nitrogens with zero attached hydrogens (tertiary/aromatic N) is 4. The third-order valence-electron chi connectivity index (χ3n) is 4.89. The normalized spacial score (nSPS) is 14.6. The van der Waals surface area contributed by atoms with Crippen LogP contribution in [0.5, 0.6) is 0 Å². The Hall–Kier alpha value is -3.29. The topological polar surface area (TPSA) is 105 Å². The summed E-state index contributed by atoms with van der Waals surface area (Å²) in [4.78, 5) is 29.6. The van der Waals surface area contributed by atoms with Gasteiger partial charge in [0.05, 0.1) is 0 Å². The lowest BCUT2D eigenvalue weighted by Crippen LogP contribution is -2.39. The molecule has 1 aliphatic carbocycles. The monoisotopic (exact) mass is 377 g/mol. The zero-order valence-corrected chi connectivity index (χ0v) is 15.8. The Balaban J connectivity index is 1.51. The summed E-state index contributed by atoms with van der Waals surface area (Å²) in [6, 6.07) is 5.53. The summed E-state index contributed by atoms with van der Waals surface area (Å²) in [5, 5.41) is 9.85. The zero-order chi connectivity index (χ0) is 19.3. The van der Waals surface area contributed by atoms with Gasteiger partial charge in [-0.1, -0.05) is 19.3 Å². The van der Waals surface area contributed by atoms with Crippen molar-refractivity contribution in [2.45, 2.75) is 45.1 Å². The van der Waals surface area contributed by atoms with Gasteiger partial charge in [-0.15, -0.1) is 0 Å². The van der Waals surface area contributed by atoms with Crippen molar-refractivity contribution >= 4 is 34.5 Å². The molecule has 0 unspecified atom stereocenters. The number of hydrogen-bond acceptors (Lipinski definition) is 6. The van der Waals surface area contributed by atoms with E-state index in [0.29, 0.717) is 17.4 Å². The molecule has 0 aliphatic heterocycles. The minimum atomic E-state index is -0.220. The van der Waals surface area contributed by atoms with Crippen molar-refractivity contribution in [1.82, 2.24) is 25.3 Å². The average Bonchev–Trinajstić information content (AvgIpc) is 2.69. The highest BCUT2D eigenvalue weighted by atomic mass is 16.2. The summed E-state index contributed by atoms with van der Waals surface area (Å²) in [6.45, 7) is 1.95. The molecule has 0 aromatic carbocycles. The third-order valence-corrected chi connectivity index (χ3v) is 4.89. The van der Waals surface area contributed by atoms with E-state index in [-0.39, 0.29) is 12.1 Å². The van der Waals surface area contributed by atoms with Gasteiger partial charge >= 0.3 is 6.03 Å². The van der Waals surface area contributed by atoms with E-state index in [4.69, 9.17) is 0 Å². The molecule has 1 aliphatic rings. The van der Waals surface area contributed by atoms with E-state index in [1.807, 2.05) is 25.1 Å². The van der Waals surface area contributed by atoms with Gasteiger partial charge in [-0.25, -0.2) is 14.8 Å². The molecule has 2 amide bonds. The average molecular weight is 377 g/mol. The first-order chi connectivity index (χ1) is 13.7. The fraction of sp³-hybridized carbons (Fsp3) is 0.350. The van der Waals surface area contributed by atoms with Crippen LogP contribution >= 0.6 is 0 Å². The predicted octanol–water partition coefficient (Wildman–Crippen LogP) is 3.93. The van der Waals surface area contributed by atoms with Crippen molar-refractivity contribution in [2.75, 3.05) is 10.6 Å². The van der Waals surface area contributed by atoms with Crippen molar-refractivity contribution in [2.24, 2.45) is 0 Å². The van der Waals surface area contributed by atoms with Crippen molar-refractivity contribution in [3.63, 3.8) is 0 Å². The van der Waals surface area contributed by atoms with Gasteiger partial charge < -0.3 is 10.6 Å². The number of carbonyl (C=O) groups is 1. The lowest BCUT2D eigenvalue weighted by atomic mass is 9.96. The molecule has 0 atom stereocenters. The highest BCUT2D eigenvalue weighted by molar-refractivity contribution is 5.90. The largest absolute Gasteiger partial charge is 0.335 e. The highest BCUT2D eigenvalue weighted by Gasteiger charge is 2.16. The van der Waals surface area contributed by atoms with E-state index in [1.54, 1.807) is 18.6 Å². The van der Waals surface area contributed by atoms with E-state index in [9.17, 15) is 4.79 Å². The number of aromatic nitrogens is 4. The van der Waals surface area contributed by atoms with Gasteiger partial charge in [-0.05, 0) is 43.5 Å². The van der Waals surface area contributed by atoms with Gasteiger partial charge in [0.1, 0.15) is 5.82 Å². The maximum atomic E-state index is 12.3. The molecule has 0 saturated heterocycles. The summed E-state index contributed by atoms with van der Waals surface area (Å²) < 4.78 is 0. The number of amides is 2. The standard InChI is InChI=1S/C20H23N7O/c1-13-11-17(26-20(28)24-14-5-3-2-4-6-14)25-18-16(13)12-22-19(27-18)23-15-7-9-21-10-8-15/h7-12,14H,2-6H2,1H3,(H3,21,22,23,24,25,26,27,28). The van der Waals surface area contributed by atoms with E-state index in [2.05, 4.69) is 35.9 Å². The molecular formula is C20H23N7O. The molecule has 1 fully saturated rings. The highest BCUT2D eigenvalue weighted by Crippen LogP contribution is 2.21. The molecule has 0 spiro atoms. The second-order valence-corrected chi connectivity index (χ2v) is 7.05. The van der Waals surface area contributed by atoms with Crippen LogP contribution in [0.15, 0.2) is 36.8 Å². The molecule has 144 valence electrons. The lowest BCUT2D eigenvalue weighted by Gasteiger charge is -2.22. The first-order valence-electron chi connectivity index (χ1n) is 9.56. The number of rotatable bonds is 4. The minimum Gasteiger partial charge on any atom is -0.335 e. The quantitative estimate of drug-likeness (QED) is 0.636. The molecule has 0 radical (unpaired) electrons. The van der Waals surface area contributed by atoms with Gasteiger partial charge in [0.15, 0.2) is 5.65 Å². The number of nitrogens with one attached hydrogen (secondary N) is 3. The Kier molecular flexibility index (Phi) is 5.27. The predicted molar refractivity (Wildman–Crippen MR) is 109 cm³/mol. The molecule has 3 N–H and O–H groups in total. The number of hydrogen-bond donors (Lipinski definition) is 3. The second kappa shape index (κ2) is 8.16. The van der Waals surface area contributed by atoms with Crippen molar-refractivity contribution in [1.29, 1.82) is 0 Å². The Morgan fingerprint density at radius 2 is 1.89 bits per heavy atom. The molecule has 8 heteroatoms. The number of urea groups is 1. The Morgan fingerprint density at radius 1 is 1.11 bits per heavy atom. The van der Waals surface area contributed by atoms with Crippen LogP contribution < -0.4 is 16.0 Å². The van der Waals surface area contributed by atoms with Crippen molar-refractivity contribution in [3.8, 4) is 0 Å². The van der Waals surface area contributed by atoms with E-state index < -0.39 is 0 Å². The number of pyridine rings is 2. The number of anilines is 3. The number of fused-ring (bicyclic) bond motifs is 1. The first-order valence-corrected chi connectivity index (χ1v) is 9.56. The van der Waals surface area contributed by atoms with Crippen LogP contribution in [-0.2, 0) is 0 Å². The molecule has 28 heavy (non-hydrogen) atoms. The first kappa shape index (κ1) is 18.1. The molecule has 3 aromatic rings. The maximum absolute atomic E-state index is 12.3. The van der Waals surface area contributed by atoms with Crippen LogP contribution in [0.3, 0.4) is 0 Å². The minimum absolute atomic E-state index is 0.220. The number of aryl methyl sites for hydroxylation is 1. The van der Waals surface area contributed by atoms with Crippen LogP contribution in [0.25, 0.3) is 11.0 Å². The summed E-state index contributed by atoms with van der Waals surface area (Å²) in [7, 11) is 0. The lowest BCUT2D eigenvalue weighted by molar-refractivity contribution is 0.244. The third kappa shape index (κ3) is 4.33. The molecule has 8 nitrogen and oxygen atoms in total. The fourth-order valence-electron chi connectivity index (χ4n) is 3.44.